The molecule has 0 spiro atoms. The van der Waals surface area contributed by atoms with E-state index < -0.39 is 0 Å². The number of nitrogens with one attached hydrogen (secondary N) is 2. The van der Waals surface area contributed by atoms with E-state index in [0.29, 0.717) is 12.5 Å². The van der Waals surface area contributed by atoms with E-state index in [1.165, 1.54) is 11.3 Å². The summed E-state index contributed by atoms with van der Waals surface area (Å²) in [6, 6.07) is 13.9. The fraction of sp³-hybridized carbons (Fsp3) is 0.300. The van der Waals surface area contributed by atoms with Crippen molar-refractivity contribution in [2.45, 2.75) is 26.3 Å². The van der Waals surface area contributed by atoms with Crippen molar-refractivity contribution >= 4 is 22.9 Å². The van der Waals surface area contributed by atoms with Gasteiger partial charge in [-0.05, 0) is 30.2 Å². The topological polar surface area (TPSA) is 67.2 Å². The highest BCUT2D eigenvalue weighted by molar-refractivity contribution is 7.13. The molecule has 0 saturated heterocycles. The minimum Gasteiger partial charge on any atom is -0.462 e. The second-order valence-corrected chi connectivity index (χ2v) is 7.32. The molecule has 1 amide bonds. The second kappa shape index (κ2) is 8.67. The molecule has 0 bridgehead atoms. The number of benzene rings is 1. The van der Waals surface area contributed by atoms with E-state index in [-0.39, 0.29) is 18.4 Å². The third-order valence-corrected chi connectivity index (χ3v) is 4.98. The molecular formula is C20H23N3O2S. The van der Waals surface area contributed by atoms with Crippen LogP contribution in [0.2, 0.25) is 0 Å². The lowest BCUT2D eigenvalue weighted by Crippen LogP contribution is -2.40. The maximum atomic E-state index is 12.3. The molecule has 6 heteroatoms. The number of rotatable bonds is 8. The zero-order valence-electron chi connectivity index (χ0n) is 14.9. The van der Waals surface area contributed by atoms with Gasteiger partial charge in [0.15, 0.2) is 10.8 Å². The van der Waals surface area contributed by atoms with Crippen molar-refractivity contribution in [3.8, 4) is 10.8 Å². The second-order valence-electron chi connectivity index (χ2n) is 6.46. The number of carbonyl (C=O) groups is 1. The van der Waals surface area contributed by atoms with Gasteiger partial charge in [-0.1, -0.05) is 32.0 Å². The molecule has 2 aromatic heterocycles. The smallest absolute Gasteiger partial charge is 0.226 e. The first-order valence-corrected chi connectivity index (χ1v) is 9.56. The zero-order valence-corrected chi connectivity index (χ0v) is 15.8. The van der Waals surface area contributed by atoms with E-state index in [2.05, 4.69) is 29.5 Å². The fourth-order valence-electron chi connectivity index (χ4n) is 2.55. The molecule has 0 saturated carbocycles. The predicted molar refractivity (Wildman–Crippen MR) is 105 cm³/mol. The summed E-state index contributed by atoms with van der Waals surface area (Å²) in [6.07, 6.45) is 1.89. The van der Waals surface area contributed by atoms with Gasteiger partial charge in [0.25, 0.3) is 0 Å². The first kappa shape index (κ1) is 18.2. The Kier molecular flexibility index (Phi) is 6.07. The molecule has 3 rings (SSSR count). The summed E-state index contributed by atoms with van der Waals surface area (Å²) in [4.78, 5) is 16.8. The van der Waals surface area contributed by atoms with Crippen LogP contribution in [-0.2, 0) is 11.2 Å². The van der Waals surface area contributed by atoms with Crippen LogP contribution in [0.1, 0.15) is 19.5 Å². The number of furan rings is 1. The summed E-state index contributed by atoms with van der Waals surface area (Å²) >= 11 is 1.48. The van der Waals surface area contributed by atoms with Gasteiger partial charge in [0.2, 0.25) is 5.91 Å². The van der Waals surface area contributed by atoms with Gasteiger partial charge < -0.3 is 15.1 Å². The van der Waals surface area contributed by atoms with Gasteiger partial charge in [0.1, 0.15) is 0 Å². The Hall–Kier alpha value is -2.60. The number of carbonyl (C=O) groups excluding carboxylic acids is 1. The first-order chi connectivity index (χ1) is 12.6. The molecule has 5 nitrogen and oxygen atoms in total. The molecule has 0 aliphatic carbocycles. The molecule has 0 fully saturated rings. The molecule has 26 heavy (non-hydrogen) atoms. The average Bonchev–Trinajstić information content (AvgIpc) is 3.30. The van der Waals surface area contributed by atoms with Crippen LogP contribution < -0.4 is 10.6 Å². The summed E-state index contributed by atoms with van der Waals surface area (Å²) in [7, 11) is 0. The van der Waals surface area contributed by atoms with Crippen molar-refractivity contribution in [2.24, 2.45) is 5.92 Å². The molecule has 1 unspecified atom stereocenters. The van der Waals surface area contributed by atoms with Crippen LogP contribution in [-0.4, -0.2) is 23.5 Å². The van der Waals surface area contributed by atoms with Crippen LogP contribution in [0.4, 0.5) is 5.69 Å². The Labute approximate surface area is 157 Å². The van der Waals surface area contributed by atoms with Crippen molar-refractivity contribution in [3.63, 3.8) is 0 Å². The highest BCUT2D eigenvalue weighted by atomic mass is 32.1. The molecule has 3 aromatic rings. The van der Waals surface area contributed by atoms with Crippen molar-refractivity contribution in [2.75, 3.05) is 11.9 Å². The number of anilines is 1. The van der Waals surface area contributed by atoms with Crippen molar-refractivity contribution < 1.29 is 9.21 Å². The van der Waals surface area contributed by atoms with Crippen LogP contribution in [0.25, 0.3) is 10.8 Å². The third kappa shape index (κ3) is 4.95. The van der Waals surface area contributed by atoms with E-state index >= 15 is 0 Å². The summed E-state index contributed by atoms with van der Waals surface area (Å²) in [5, 5.41) is 9.19. The summed E-state index contributed by atoms with van der Waals surface area (Å²) in [6.45, 7) is 4.85. The normalized spacial score (nSPS) is 12.1. The molecule has 0 aliphatic heterocycles. The standard InChI is InChI=1S/C20H23N3O2S/c1-14(2)17(22-15-7-4-3-5-8-15)12-21-19(24)11-16-13-26-20(23-16)18-9-6-10-25-18/h3-10,13-14,17,22H,11-12H2,1-2H3,(H,21,24). The van der Waals surface area contributed by atoms with Crippen molar-refractivity contribution in [3.05, 3.63) is 59.8 Å². The molecular weight excluding hydrogens is 346 g/mol. The zero-order chi connectivity index (χ0) is 18.4. The van der Waals surface area contributed by atoms with E-state index in [0.717, 1.165) is 22.1 Å². The van der Waals surface area contributed by atoms with Crippen LogP contribution >= 0.6 is 11.3 Å². The van der Waals surface area contributed by atoms with Gasteiger partial charge in [-0.25, -0.2) is 4.98 Å². The van der Waals surface area contributed by atoms with Gasteiger partial charge in [-0.15, -0.1) is 11.3 Å². The van der Waals surface area contributed by atoms with Crippen molar-refractivity contribution in [1.82, 2.24) is 10.3 Å². The van der Waals surface area contributed by atoms with Gasteiger partial charge in [-0.2, -0.15) is 0 Å². The fourth-order valence-corrected chi connectivity index (χ4v) is 3.34. The van der Waals surface area contributed by atoms with Crippen LogP contribution in [0.15, 0.2) is 58.5 Å². The first-order valence-electron chi connectivity index (χ1n) is 8.68. The summed E-state index contributed by atoms with van der Waals surface area (Å²) in [5.41, 5.74) is 1.82. The molecule has 0 radical (unpaired) electrons. The SMILES string of the molecule is CC(C)C(CNC(=O)Cc1csc(-c2ccco2)n1)Nc1ccccc1. The minimum atomic E-state index is -0.0261. The van der Waals surface area contributed by atoms with Gasteiger partial charge in [0.05, 0.1) is 18.4 Å². The maximum Gasteiger partial charge on any atom is 0.226 e. The lowest BCUT2D eigenvalue weighted by atomic mass is 10.0. The number of amides is 1. The summed E-state index contributed by atoms with van der Waals surface area (Å²) in [5.74, 6) is 1.09. The van der Waals surface area contributed by atoms with Gasteiger partial charge in [0, 0.05) is 23.7 Å². The lowest BCUT2D eigenvalue weighted by Gasteiger charge is -2.24. The van der Waals surface area contributed by atoms with Crippen molar-refractivity contribution in [1.29, 1.82) is 0 Å². The number of thiazole rings is 1. The highest BCUT2D eigenvalue weighted by Gasteiger charge is 2.16. The van der Waals surface area contributed by atoms with E-state index in [9.17, 15) is 4.79 Å². The van der Waals surface area contributed by atoms with Gasteiger partial charge in [-0.3, -0.25) is 4.79 Å². The van der Waals surface area contributed by atoms with Crippen LogP contribution in [0, 0.1) is 5.92 Å². The Morgan fingerprint density at radius 1 is 1.19 bits per heavy atom. The van der Waals surface area contributed by atoms with E-state index in [4.69, 9.17) is 4.42 Å². The largest absolute Gasteiger partial charge is 0.462 e. The maximum absolute atomic E-state index is 12.3. The minimum absolute atomic E-state index is 0.0261. The lowest BCUT2D eigenvalue weighted by molar-refractivity contribution is -0.120. The Morgan fingerprint density at radius 3 is 2.69 bits per heavy atom. The number of hydrogen-bond acceptors (Lipinski definition) is 5. The average molecular weight is 369 g/mol. The van der Waals surface area contributed by atoms with Crippen LogP contribution in [0.3, 0.4) is 0 Å². The highest BCUT2D eigenvalue weighted by Crippen LogP contribution is 2.24. The van der Waals surface area contributed by atoms with E-state index in [1.807, 2.05) is 47.8 Å². The Balaban J connectivity index is 1.52. The monoisotopic (exact) mass is 369 g/mol. The molecule has 2 heterocycles. The number of aromatic nitrogens is 1. The molecule has 1 aromatic carbocycles. The molecule has 1 atom stereocenters. The van der Waals surface area contributed by atoms with E-state index in [1.54, 1.807) is 6.26 Å². The summed E-state index contributed by atoms with van der Waals surface area (Å²) < 4.78 is 5.34. The molecule has 0 aliphatic rings. The van der Waals surface area contributed by atoms with Crippen LogP contribution in [0.5, 0.6) is 0 Å². The molecule has 136 valence electrons. The third-order valence-electron chi connectivity index (χ3n) is 4.08. The Bertz CT molecular complexity index is 813. The number of hydrogen-bond donors (Lipinski definition) is 2. The number of nitrogens with zero attached hydrogens (tertiary/aromatic N) is 1. The Morgan fingerprint density at radius 2 is 2.00 bits per heavy atom. The molecule has 2 N–H and O–H groups in total. The quantitative estimate of drug-likeness (QED) is 0.624. The predicted octanol–water partition coefficient (Wildman–Crippen LogP) is 4.20. The number of para-hydroxylation sites is 1. The van der Waals surface area contributed by atoms with Gasteiger partial charge >= 0.3 is 0 Å².